The fourth-order valence-electron chi connectivity index (χ4n) is 2.58. The van der Waals surface area contributed by atoms with Gasteiger partial charge >= 0.3 is 6.18 Å². The van der Waals surface area contributed by atoms with Gasteiger partial charge in [0.25, 0.3) is 0 Å². The Balaban J connectivity index is 1.96. The molecule has 1 aromatic rings. The first kappa shape index (κ1) is 16.6. The van der Waals surface area contributed by atoms with Crippen molar-refractivity contribution in [2.75, 3.05) is 31.1 Å². The monoisotopic (exact) mass is 314 g/mol. The van der Waals surface area contributed by atoms with E-state index in [-0.39, 0.29) is 5.91 Å². The van der Waals surface area contributed by atoms with Gasteiger partial charge in [0.15, 0.2) is 0 Å². The van der Waals surface area contributed by atoms with Gasteiger partial charge < -0.3 is 9.80 Å². The molecule has 0 spiro atoms. The number of carbonyl (C=O) groups excluding carboxylic acids is 1. The smallest absolute Gasteiger partial charge is 0.368 e. The van der Waals surface area contributed by atoms with Crippen molar-refractivity contribution in [2.45, 2.75) is 32.4 Å². The van der Waals surface area contributed by atoms with Crippen molar-refractivity contribution in [1.29, 1.82) is 0 Å². The first-order valence-electron chi connectivity index (χ1n) is 7.62. The van der Waals surface area contributed by atoms with Gasteiger partial charge in [0, 0.05) is 38.3 Å². The molecule has 6 heteroatoms. The highest BCUT2D eigenvalue weighted by Crippen LogP contribution is 2.31. The molecule has 0 saturated carbocycles. The van der Waals surface area contributed by atoms with Crippen molar-refractivity contribution < 1.29 is 18.0 Å². The maximum absolute atomic E-state index is 12.7. The maximum atomic E-state index is 12.7. The molecule has 2 rings (SSSR count). The highest BCUT2D eigenvalue weighted by Gasteiger charge is 2.31. The Kier molecular flexibility index (Phi) is 5.32. The lowest BCUT2D eigenvalue weighted by Gasteiger charge is -2.36. The van der Waals surface area contributed by atoms with Gasteiger partial charge in [-0.1, -0.05) is 19.4 Å². The summed E-state index contributed by atoms with van der Waals surface area (Å²) in [6.07, 6.45) is -1.91. The molecule has 1 saturated heterocycles. The Bertz CT molecular complexity index is 508. The number of unbranched alkanes of at least 4 members (excludes halogenated alkanes) is 1. The number of anilines is 1. The van der Waals surface area contributed by atoms with Crippen LogP contribution >= 0.6 is 0 Å². The zero-order valence-electron chi connectivity index (χ0n) is 12.7. The average molecular weight is 314 g/mol. The lowest BCUT2D eigenvalue weighted by atomic mass is 10.1. The summed E-state index contributed by atoms with van der Waals surface area (Å²) >= 11 is 0. The van der Waals surface area contributed by atoms with E-state index in [0.29, 0.717) is 38.3 Å². The standard InChI is InChI=1S/C16H21F3N2O/c1-2-3-7-15(22)21-10-8-20(9-11-21)14-6-4-5-13(12-14)16(17,18)19/h4-6,12H,2-3,7-11H2,1H3. The number of benzene rings is 1. The van der Waals surface area contributed by atoms with E-state index in [1.807, 2.05) is 11.8 Å². The van der Waals surface area contributed by atoms with Crippen molar-refractivity contribution in [3.05, 3.63) is 29.8 Å². The van der Waals surface area contributed by atoms with Gasteiger partial charge in [0.1, 0.15) is 0 Å². The van der Waals surface area contributed by atoms with E-state index in [4.69, 9.17) is 0 Å². The number of nitrogens with zero attached hydrogens (tertiary/aromatic N) is 2. The zero-order chi connectivity index (χ0) is 16.2. The van der Waals surface area contributed by atoms with Crippen LogP contribution in [0.2, 0.25) is 0 Å². The molecule has 0 radical (unpaired) electrons. The van der Waals surface area contributed by atoms with Crippen LogP contribution in [0.5, 0.6) is 0 Å². The van der Waals surface area contributed by atoms with E-state index in [9.17, 15) is 18.0 Å². The first-order chi connectivity index (χ1) is 10.4. The summed E-state index contributed by atoms with van der Waals surface area (Å²) in [6, 6.07) is 5.36. The first-order valence-corrected chi connectivity index (χ1v) is 7.62. The Morgan fingerprint density at radius 1 is 1.18 bits per heavy atom. The molecule has 0 aliphatic carbocycles. The third kappa shape index (κ3) is 4.15. The van der Waals surface area contributed by atoms with E-state index in [0.717, 1.165) is 18.9 Å². The molecular weight excluding hydrogens is 293 g/mol. The third-order valence-corrected chi connectivity index (χ3v) is 3.92. The fourth-order valence-corrected chi connectivity index (χ4v) is 2.58. The molecule has 1 fully saturated rings. The van der Waals surface area contributed by atoms with Gasteiger partial charge in [0.05, 0.1) is 5.56 Å². The van der Waals surface area contributed by atoms with E-state index in [1.54, 1.807) is 11.0 Å². The van der Waals surface area contributed by atoms with Crippen LogP contribution in [-0.4, -0.2) is 37.0 Å². The largest absolute Gasteiger partial charge is 0.416 e. The number of hydrogen-bond donors (Lipinski definition) is 0. The van der Waals surface area contributed by atoms with Crippen LogP contribution in [0, 0.1) is 0 Å². The Morgan fingerprint density at radius 2 is 1.86 bits per heavy atom. The van der Waals surface area contributed by atoms with Crippen LogP contribution in [0.25, 0.3) is 0 Å². The molecule has 1 aliphatic heterocycles. The Labute approximate surface area is 128 Å². The minimum Gasteiger partial charge on any atom is -0.368 e. The molecule has 0 atom stereocenters. The second-order valence-corrected chi connectivity index (χ2v) is 5.52. The fraction of sp³-hybridized carbons (Fsp3) is 0.562. The number of alkyl halides is 3. The highest BCUT2D eigenvalue weighted by molar-refractivity contribution is 5.76. The minimum absolute atomic E-state index is 0.144. The van der Waals surface area contributed by atoms with E-state index < -0.39 is 11.7 Å². The van der Waals surface area contributed by atoms with Crippen molar-refractivity contribution >= 4 is 11.6 Å². The molecule has 0 N–H and O–H groups in total. The lowest BCUT2D eigenvalue weighted by molar-refractivity contribution is -0.137. The second-order valence-electron chi connectivity index (χ2n) is 5.52. The van der Waals surface area contributed by atoms with Gasteiger partial charge in [-0.05, 0) is 24.6 Å². The summed E-state index contributed by atoms with van der Waals surface area (Å²) in [4.78, 5) is 15.7. The average Bonchev–Trinajstić information content (AvgIpc) is 2.52. The highest BCUT2D eigenvalue weighted by atomic mass is 19.4. The maximum Gasteiger partial charge on any atom is 0.416 e. The van der Waals surface area contributed by atoms with Gasteiger partial charge in [-0.15, -0.1) is 0 Å². The molecule has 3 nitrogen and oxygen atoms in total. The van der Waals surface area contributed by atoms with Gasteiger partial charge in [-0.25, -0.2) is 0 Å². The molecule has 0 aromatic heterocycles. The molecule has 1 heterocycles. The SMILES string of the molecule is CCCCC(=O)N1CCN(c2cccc(C(F)(F)F)c2)CC1. The van der Waals surface area contributed by atoms with Gasteiger partial charge in [-0.2, -0.15) is 13.2 Å². The van der Waals surface area contributed by atoms with Crippen molar-refractivity contribution in [2.24, 2.45) is 0 Å². The van der Waals surface area contributed by atoms with Crippen molar-refractivity contribution in [3.63, 3.8) is 0 Å². The number of halogens is 3. The van der Waals surface area contributed by atoms with Crippen LogP contribution in [0.15, 0.2) is 24.3 Å². The Hall–Kier alpha value is -1.72. The summed E-state index contributed by atoms with van der Waals surface area (Å²) in [5.41, 5.74) is -0.0677. The number of hydrogen-bond acceptors (Lipinski definition) is 2. The molecule has 1 aromatic carbocycles. The number of rotatable bonds is 4. The summed E-state index contributed by atoms with van der Waals surface area (Å²) in [6.45, 7) is 4.31. The predicted molar refractivity (Wildman–Crippen MR) is 79.8 cm³/mol. The lowest BCUT2D eigenvalue weighted by Crippen LogP contribution is -2.48. The minimum atomic E-state index is -4.33. The normalized spacial score (nSPS) is 16.0. The number of carbonyl (C=O) groups is 1. The van der Waals surface area contributed by atoms with E-state index in [2.05, 4.69) is 0 Å². The molecule has 0 bridgehead atoms. The van der Waals surface area contributed by atoms with E-state index >= 15 is 0 Å². The molecule has 1 aliphatic rings. The summed E-state index contributed by atoms with van der Waals surface area (Å²) in [5, 5.41) is 0. The molecule has 1 amide bonds. The molecular formula is C16H21F3N2O. The second kappa shape index (κ2) is 7.03. The number of piperazine rings is 1. The van der Waals surface area contributed by atoms with Gasteiger partial charge in [-0.3, -0.25) is 4.79 Å². The van der Waals surface area contributed by atoms with E-state index in [1.165, 1.54) is 12.1 Å². The molecule has 122 valence electrons. The molecule has 22 heavy (non-hydrogen) atoms. The van der Waals surface area contributed by atoms with Crippen molar-refractivity contribution in [1.82, 2.24) is 4.90 Å². The number of amides is 1. The Morgan fingerprint density at radius 3 is 2.45 bits per heavy atom. The third-order valence-electron chi connectivity index (χ3n) is 3.92. The topological polar surface area (TPSA) is 23.6 Å². The van der Waals surface area contributed by atoms with Crippen LogP contribution in [0.1, 0.15) is 31.7 Å². The van der Waals surface area contributed by atoms with Crippen LogP contribution in [0.3, 0.4) is 0 Å². The quantitative estimate of drug-likeness (QED) is 0.848. The summed E-state index contributed by atoms with van der Waals surface area (Å²) in [5.74, 6) is 0.144. The molecule has 0 unspecified atom stereocenters. The zero-order valence-corrected chi connectivity index (χ0v) is 12.7. The van der Waals surface area contributed by atoms with Crippen LogP contribution < -0.4 is 4.90 Å². The summed E-state index contributed by atoms with van der Waals surface area (Å²) < 4.78 is 38.2. The summed E-state index contributed by atoms with van der Waals surface area (Å²) in [7, 11) is 0. The predicted octanol–water partition coefficient (Wildman–Crippen LogP) is 3.54. The van der Waals surface area contributed by atoms with Crippen molar-refractivity contribution in [3.8, 4) is 0 Å². The van der Waals surface area contributed by atoms with Gasteiger partial charge in [0.2, 0.25) is 5.91 Å². The van der Waals surface area contributed by atoms with Crippen LogP contribution in [-0.2, 0) is 11.0 Å². The van der Waals surface area contributed by atoms with Crippen LogP contribution in [0.4, 0.5) is 18.9 Å².